The summed E-state index contributed by atoms with van der Waals surface area (Å²) in [5.74, 6) is 0. The van der Waals surface area contributed by atoms with E-state index >= 15 is 0 Å². The molecular weight excluding hydrogens is 297 g/mol. The molecule has 1 nitrogen and oxygen atoms in total. The van der Waals surface area contributed by atoms with Crippen molar-refractivity contribution >= 4 is 34.0 Å². The van der Waals surface area contributed by atoms with Crippen LogP contribution in [0, 0.1) is 0 Å². The van der Waals surface area contributed by atoms with Gasteiger partial charge < -0.3 is 4.90 Å². The van der Waals surface area contributed by atoms with Crippen molar-refractivity contribution in [3.8, 4) is 0 Å². The molecule has 0 bridgehead atoms. The molecule has 0 fully saturated rings. The summed E-state index contributed by atoms with van der Waals surface area (Å²) in [6.07, 6.45) is 0. The Hall–Kier alpha value is -1.03. The largest absolute Gasteiger partial charge is 0.332 e. The Morgan fingerprint density at radius 1 is 0.733 bits per heavy atom. The maximum absolute atomic E-state index is 2.38. The van der Waals surface area contributed by atoms with Crippen LogP contribution in [0.4, 0.5) is 11.4 Å². The monoisotopic (exact) mass is 309 g/mol. The Morgan fingerprint density at radius 2 is 1.13 bits per heavy atom. The summed E-state index contributed by atoms with van der Waals surface area (Å²) in [4.78, 5) is 2.28. The van der Waals surface area contributed by atoms with E-state index in [0.29, 0.717) is 0 Å². The quantitative estimate of drug-likeness (QED) is 0.466. The average Bonchev–Trinajstić information content (AvgIpc) is 2.33. The van der Waals surface area contributed by atoms with Crippen molar-refractivity contribution in [2.24, 2.45) is 0 Å². The van der Waals surface area contributed by atoms with E-state index in [1.165, 1.54) is 11.4 Å². The number of benzene rings is 2. The Balaban J connectivity index is 2.34. The Morgan fingerprint density at radius 3 is 1.47 bits per heavy atom. The third-order valence-corrected chi connectivity index (χ3v) is 2.94. The van der Waals surface area contributed by atoms with E-state index in [0.717, 1.165) is 4.55 Å². The van der Waals surface area contributed by atoms with Gasteiger partial charge in [-0.1, -0.05) is 59.0 Å². The summed E-state index contributed by atoms with van der Waals surface area (Å²) in [6, 6.07) is 20.9. The first-order chi connectivity index (χ1) is 7.42. The maximum atomic E-state index is 2.38. The predicted octanol–water partition coefficient (Wildman–Crippen LogP) is 4.22. The van der Waals surface area contributed by atoms with Gasteiger partial charge in [0.15, 0.2) is 0 Å². The van der Waals surface area contributed by atoms with Crippen LogP contribution in [0.15, 0.2) is 60.7 Å². The van der Waals surface area contributed by atoms with E-state index in [2.05, 4.69) is 76.0 Å². The molecule has 0 heterocycles. The van der Waals surface area contributed by atoms with Gasteiger partial charge in [-0.25, -0.2) is 0 Å². The third kappa shape index (κ3) is 2.50. The number of halogens is 1. The van der Waals surface area contributed by atoms with Gasteiger partial charge >= 0.3 is 0 Å². The molecule has 2 rings (SSSR count). The first-order valence-electron chi connectivity index (χ1n) is 4.85. The van der Waals surface area contributed by atoms with Gasteiger partial charge in [-0.05, 0) is 24.3 Å². The molecular formula is C13H12IN. The molecule has 0 radical (unpaired) electrons. The molecule has 0 N–H and O–H groups in total. The molecule has 0 atom stereocenters. The van der Waals surface area contributed by atoms with Crippen molar-refractivity contribution in [3.63, 3.8) is 0 Å². The van der Waals surface area contributed by atoms with E-state index < -0.39 is 0 Å². The zero-order chi connectivity index (χ0) is 10.5. The fourth-order valence-corrected chi connectivity index (χ4v) is 2.29. The second kappa shape index (κ2) is 5.16. The maximum Gasteiger partial charge on any atom is 0.0748 e. The van der Waals surface area contributed by atoms with E-state index in [4.69, 9.17) is 0 Å². The number of para-hydroxylation sites is 2. The number of nitrogens with zero attached hydrogens (tertiary/aromatic N) is 1. The average molecular weight is 309 g/mol. The van der Waals surface area contributed by atoms with Gasteiger partial charge in [-0.2, -0.15) is 0 Å². The Bertz CT molecular complexity index is 360. The second-order valence-corrected chi connectivity index (χ2v) is 3.90. The fourth-order valence-electron chi connectivity index (χ4n) is 1.50. The number of hydrogen-bond acceptors (Lipinski definition) is 1. The molecule has 2 heteroatoms. The Labute approximate surface area is 104 Å². The van der Waals surface area contributed by atoms with Crippen LogP contribution >= 0.6 is 22.6 Å². The van der Waals surface area contributed by atoms with Crippen LogP contribution in [0.25, 0.3) is 0 Å². The fraction of sp³-hybridized carbons (Fsp3) is 0.0769. The summed E-state index contributed by atoms with van der Waals surface area (Å²) in [5.41, 5.74) is 2.47. The predicted molar refractivity (Wildman–Crippen MR) is 73.9 cm³/mol. The van der Waals surface area contributed by atoms with Crippen LogP contribution < -0.4 is 4.90 Å². The van der Waals surface area contributed by atoms with Crippen molar-refractivity contribution < 1.29 is 0 Å². The lowest BCUT2D eigenvalue weighted by atomic mass is 10.2. The van der Waals surface area contributed by atoms with Gasteiger partial charge in [0.1, 0.15) is 0 Å². The standard InChI is InChI=1S/C13H12IN/c14-11-15(12-7-3-1-4-8-12)13-9-5-2-6-10-13/h1-10H,11H2. The van der Waals surface area contributed by atoms with Crippen LogP contribution in [-0.2, 0) is 0 Å². The number of hydrogen-bond donors (Lipinski definition) is 0. The van der Waals surface area contributed by atoms with Crippen molar-refractivity contribution in [2.75, 3.05) is 9.45 Å². The van der Waals surface area contributed by atoms with Crippen molar-refractivity contribution in [1.82, 2.24) is 0 Å². The topological polar surface area (TPSA) is 3.24 Å². The summed E-state index contributed by atoms with van der Waals surface area (Å²) < 4.78 is 0.950. The zero-order valence-electron chi connectivity index (χ0n) is 8.31. The van der Waals surface area contributed by atoms with Gasteiger partial charge in [0.25, 0.3) is 0 Å². The summed E-state index contributed by atoms with van der Waals surface area (Å²) in [5, 5.41) is 0. The van der Waals surface area contributed by atoms with Gasteiger partial charge in [0.05, 0.1) is 4.55 Å². The molecule has 0 saturated heterocycles. The molecule has 0 spiro atoms. The third-order valence-electron chi connectivity index (χ3n) is 2.26. The molecule has 76 valence electrons. The molecule has 0 aliphatic heterocycles. The minimum absolute atomic E-state index is 0.950. The molecule has 0 unspecified atom stereocenters. The van der Waals surface area contributed by atoms with Gasteiger partial charge in [-0.15, -0.1) is 0 Å². The van der Waals surface area contributed by atoms with Gasteiger partial charge in [-0.3, -0.25) is 0 Å². The lowest BCUT2D eigenvalue weighted by Crippen LogP contribution is -2.13. The minimum Gasteiger partial charge on any atom is -0.332 e. The highest BCUT2D eigenvalue weighted by atomic mass is 127. The van der Waals surface area contributed by atoms with Crippen molar-refractivity contribution in [3.05, 3.63) is 60.7 Å². The highest BCUT2D eigenvalue weighted by Gasteiger charge is 2.05. The Kier molecular flexibility index (Phi) is 3.61. The first-order valence-corrected chi connectivity index (χ1v) is 6.38. The summed E-state index contributed by atoms with van der Waals surface area (Å²) in [7, 11) is 0. The van der Waals surface area contributed by atoms with Crippen molar-refractivity contribution in [2.45, 2.75) is 0 Å². The van der Waals surface area contributed by atoms with Crippen LogP contribution in [0.3, 0.4) is 0 Å². The lowest BCUT2D eigenvalue weighted by molar-refractivity contribution is 1.19. The highest BCUT2D eigenvalue weighted by molar-refractivity contribution is 14.1. The molecule has 2 aromatic rings. The SMILES string of the molecule is ICN(c1ccccc1)c1ccccc1. The number of rotatable bonds is 3. The second-order valence-electron chi connectivity index (χ2n) is 3.22. The molecule has 0 aliphatic carbocycles. The van der Waals surface area contributed by atoms with E-state index in [9.17, 15) is 0 Å². The highest BCUT2D eigenvalue weighted by Crippen LogP contribution is 2.25. The van der Waals surface area contributed by atoms with Crippen LogP contribution in [0.5, 0.6) is 0 Å². The van der Waals surface area contributed by atoms with Crippen LogP contribution in [-0.4, -0.2) is 4.55 Å². The summed E-state index contributed by atoms with van der Waals surface area (Å²) in [6.45, 7) is 0. The molecule has 0 aliphatic rings. The van der Waals surface area contributed by atoms with E-state index in [-0.39, 0.29) is 0 Å². The number of alkyl halides is 1. The number of anilines is 2. The van der Waals surface area contributed by atoms with Gasteiger partial charge in [0.2, 0.25) is 0 Å². The lowest BCUT2D eigenvalue weighted by Gasteiger charge is -2.22. The van der Waals surface area contributed by atoms with Crippen LogP contribution in [0.2, 0.25) is 0 Å². The minimum atomic E-state index is 0.950. The molecule has 0 saturated carbocycles. The van der Waals surface area contributed by atoms with Crippen LogP contribution in [0.1, 0.15) is 0 Å². The molecule has 0 aromatic heterocycles. The van der Waals surface area contributed by atoms with Crippen molar-refractivity contribution in [1.29, 1.82) is 0 Å². The normalized spacial score (nSPS) is 9.93. The zero-order valence-corrected chi connectivity index (χ0v) is 10.5. The smallest absolute Gasteiger partial charge is 0.0748 e. The van der Waals surface area contributed by atoms with E-state index in [1.54, 1.807) is 0 Å². The molecule has 0 amide bonds. The molecule has 15 heavy (non-hydrogen) atoms. The molecule has 2 aromatic carbocycles. The van der Waals surface area contributed by atoms with E-state index in [1.807, 2.05) is 12.1 Å². The first kappa shape index (κ1) is 10.5. The summed E-state index contributed by atoms with van der Waals surface area (Å²) >= 11 is 2.38. The van der Waals surface area contributed by atoms with Gasteiger partial charge in [0, 0.05) is 11.4 Å².